The van der Waals surface area contributed by atoms with E-state index in [0.717, 1.165) is 29.7 Å². The van der Waals surface area contributed by atoms with Gasteiger partial charge in [-0.05, 0) is 49.1 Å². The average molecular weight is 517 g/mol. The van der Waals surface area contributed by atoms with Crippen molar-refractivity contribution >= 4 is 45.6 Å². The van der Waals surface area contributed by atoms with Crippen molar-refractivity contribution < 1.29 is 9.59 Å². The van der Waals surface area contributed by atoms with E-state index in [-0.39, 0.29) is 17.9 Å². The zero-order valence-corrected chi connectivity index (χ0v) is 21.2. The van der Waals surface area contributed by atoms with E-state index >= 15 is 0 Å². The van der Waals surface area contributed by atoms with Gasteiger partial charge in [-0.3, -0.25) is 9.59 Å². The Morgan fingerprint density at radius 1 is 1.00 bits per heavy atom. The van der Waals surface area contributed by atoms with Crippen molar-refractivity contribution in [2.24, 2.45) is 0 Å². The Labute approximate surface area is 218 Å². The van der Waals surface area contributed by atoms with Gasteiger partial charge in [-0.25, -0.2) is 4.98 Å². The van der Waals surface area contributed by atoms with Gasteiger partial charge >= 0.3 is 0 Å². The summed E-state index contributed by atoms with van der Waals surface area (Å²) in [5.74, 6) is -0.314. The number of hydrogen-bond donors (Lipinski definition) is 3. The number of anilines is 2. The van der Waals surface area contributed by atoms with Crippen molar-refractivity contribution in [1.29, 1.82) is 0 Å². The van der Waals surface area contributed by atoms with E-state index < -0.39 is 0 Å². The molecule has 5 rings (SSSR count). The molecule has 36 heavy (non-hydrogen) atoms. The van der Waals surface area contributed by atoms with E-state index in [9.17, 15) is 9.59 Å². The molecule has 182 valence electrons. The molecule has 0 atom stereocenters. The van der Waals surface area contributed by atoms with Crippen LogP contribution in [0.15, 0.2) is 72.8 Å². The van der Waals surface area contributed by atoms with Gasteiger partial charge in [-0.1, -0.05) is 77.5 Å². The topological polar surface area (TPSA) is 83.1 Å². The van der Waals surface area contributed by atoms with Gasteiger partial charge in [0.1, 0.15) is 4.88 Å². The van der Waals surface area contributed by atoms with Crippen LogP contribution in [-0.2, 0) is 6.54 Å². The molecule has 0 spiro atoms. The minimum absolute atomic E-state index is 0.0857. The van der Waals surface area contributed by atoms with Gasteiger partial charge in [0.15, 0.2) is 5.13 Å². The number of thiazole rings is 1. The Kier molecular flexibility index (Phi) is 7.02. The highest BCUT2D eigenvalue weighted by Gasteiger charge is 2.24. The monoisotopic (exact) mass is 516 g/mol. The third kappa shape index (κ3) is 5.58. The summed E-state index contributed by atoms with van der Waals surface area (Å²) in [5, 5.41) is 10.4. The van der Waals surface area contributed by atoms with Crippen LogP contribution in [0.3, 0.4) is 0 Å². The van der Waals surface area contributed by atoms with Gasteiger partial charge in [-0.2, -0.15) is 0 Å². The predicted octanol–water partition coefficient (Wildman–Crippen LogP) is 6.34. The maximum Gasteiger partial charge on any atom is 0.264 e. The van der Waals surface area contributed by atoms with Gasteiger partial charge in [0, 0.05) is 29.4 Å². The number of carbonyl (C=O) groups is 2. The highest BCUT2D eigenvalue weighted by molar-refractivity contribution is 7.18. The first kappa shape index (κ1) is 24.0. The molecular weight excluding hydrogens is 492 g/mol. The summed E-state index contributed by atoms with van der Waals surface area (Å²) in [6, 6.07) is 22.9. The lowest BCUT2D eigenvalue weighted by Crippen LogP contribution is -2.25. The Balaban J connectivity index is 1.44. The van der Waals surface area contributed by atoms with Crippen molar-refractivity contribution in [3.8, 4) is 11.3 Å². The van der Waals surface area contributed by atoms with Crippen LogP contribution in [0.4, 0.5) is 10.8 Å². The minimum Gasteiger partial charge on any atom is -0.349 e. The number of amides is 2. The van der Waals surface area contributed by atoms with Crippen LogP contribution in [0, 0.1) is 6.92 Å². The van der Waals surface area contributed by atoms with Crippen LogP contribution in [0.1, 0.15) is 44.0 Å². The van der Waals surface area contributed by atoms with Crippen molar-refractivity contribution in [3.63, 3.8) is 0 Å². The molecule has 1 fully saturated rings. The Morgan fingerprint density at radius 3 is 2.50 bits per heavy atom. The first-order chi connectivity index (χ1) is 17.5. The van der Waals surface area contributed by atoms with Crippen LogP contribution in [0.2, 0.25) is 5.02 Å². The van der Waals surface area contributed by atoms with Crippen LogP contribution < -0.4 is 16.0 Å². The zero-order valence-electron chi connectivity index (χ0n) is 19.7. The highest BCUT2D eigenvalue weighted by atomic mass is 35.5. The van der Waals surface area contributed by atoms with Gasteiger partial charge in [0.2, 0.25) is 0 Å². The zero-order chi connectivity index (χ0) is 25.1. The van der Waals surface area contributed by atoms with E-state index in [0.29, 0.717) is 38.4 Å². The van der Waals surface area contributed by atoms with E-state index in [1.807, 2.05) is 73.7 Å². The summed E-state index contributed by atoms with van der Waals surface area (Å²) >= 11 is 7.72. The molecule has 0 aliphatic heterocycles. The fourth-order valence-corrected chi connectivity index (χ4v) is 4.86. The summed E-state index contributed by atoms with van der Waals surface area (Å²) in [6.07, 6.45) is 2.06. The minimum atomic E-state index is -0.228. The molecule has 0 unspecified atom stereocenters. The molecule has 1 aliphatic carbocycles. The second-order valence-corrected chi connectivity index (χ2v) is 10.2. The molecule has 0 bridgehead atoms. The third-order valence-corrected chi connectivity index (χ3v) is 7.21. The normalized spacial score (nSPS) is 12.7. The second kappa shape index (κ2) is 10.5. The highest BCUT2D eigenvalue weighted by Crippen LogP contribution is 2.36. The van der Waals surface area contributed by atoms with E-state index in [2.05, 4.69) is 16.0 Å². The van der Waals surface area contributed by atoms with Crippen molar-refractivity contribution in [2.75, 3.05) is 5.32 Å². The second-order valence-electron chi connectivity index (χ2n) is 8.75. The average Bonchev–Trinajstić information content (AvgIpc) is 3.61. The van der Waals surface area contributed by atoms with Gasteiger partial charge in [-0.15, -0.1) is 0 Å². The first-order valence-corrected chi connectivity index (χ1v) is 12.9. The fraction of sp³-hybridized carbons (Fsp3) is 0.179. The molecule has 8 heteroatoms. The molecule has 2 amide bonds. The summed E-state index contributed by atoms with van der Waals surface area (Å²) in [4.78, 5) is 31.0. The number of benzene rings is 3. The lowest BCUT2D eigenvalue weighted by molar-refractivity contribution is 0.0944. The van der Waals surface area contributed by atoms with Crippen molar-refractivity contribution in [2.45, 2.75) is 32.4 Å². The molecule has 4 aromatic rings. The number of hydrogen-bond acceptors (Lipinski definition) is 5. The van der Waals surface area contributed by atoms with Crippen LogP contribution in [0.5, 0.6) is 0 Å². The summed E-state index contributed by atoms with van der Waals surface area (Å²) in [7, 11) is 0. The summed E-state index contributed by atoms with van der Waals surface area (Å²) in [5.41, 5.74) is 4.50. The molecule has 0 saturated heterocycles. The number of aryl methyl sites for hydroxylation is 1. The maximum atomic E-state index is 13.2. The summed E-state index contributed by atoms with van der Waals surface area (Å²) < 4.78 is 0. The van der Waals surface area contributed by atoms with Crippen LogP contribution >= 0.6 is 22.9 Å². The fourth-order valence-electron chi connectivity index (χ4n) is 3.73. The van der Waals surface area contributed by atoms with E-state index in [1.54, 1.807) is 6.07 Å². The predicted molar refractivity (Wildman–Crippen MR) is 145 cm³/mol. The van der Waals surface area contributed by atoms with Crippen LogP contribution in [0.25, 0.3) is 11.3 Å². The molecule has 1 heterocycles. The number of halogens is 1. The number of carbonyl (C=O) groups excluding carboxylic acids is 2. The molecule has 1 saturated carbocycles. The molecule has 0 radical (unpaired) electrons. The number of nitrogens with zero attached hydrogens (tertiary/aromatic N) is 1. The van der Waals surface area contributed by atoms with E-state index in [1.165, 1.54) is 11.3 Å². The van der Waals surface area contributed by atoms with Crippen molar-refractivity contribution in [1.82, 2.24) is 15.6 Å². The van der Waals surface area contributed by atoms with Crippen molar-refractivity contribution in [3.05, 3.63) is 99.4 Å². The lowest BCUT2D eigenvalue weighted by Gasteiger charge is -2.10. The van der Waals surface area contributed by atoms with E-state index in [4.69, 9.17) is 16.6 Å². The smallest absolute Gasteiger partial charge is 0.264 e. The first-order valence-electron chi connectivity index (χ1n) is 11.7. The number of rotatable bonds is 8. The lowest BCUT2D eigenvalue weighted by atomic mass is 10.1. The third-order valence-electron chi connectivity index (χ3n) is 5.91. The molecule has 1 aliphatic rings. The molecule has 1 aromatic heterocycles. The quantitative estimate of drug-likeness (QED) is 0.255. The Hall–Kier alpha value is -3.68. The molecule has 3 N–H and O–H groups in total. The SMILES string of the molecule is Cc1ccc(C(=O)NC2CC2)cc1Nc1nc(-c2ccccc2Cl)c(C(=O)NCc2ccccc2)s1. The molecule has 3 aromatic carbocycles. The largest absolute Gasteiger partial charge is 0.349 e. The van der Waals surface area contributed by atoms with Gasteiger partial charge < -0.3 is 16.0 Å². The van der Waals surface area contributed by atoms with Crippen LogP contribution in [-0.4, -0.2) is 22.8 Å². The number of aromatic nitrogens is 1. The Morgan fingerprint density at radius 2 is 1.75 bits per heavy atom. The standard InChI is InChI=1S/C28H25ClN4O2S/c1-17-11-12-19(26(34)31-20-13-14-20)15-23(17)32-28-33-24(21-9-5-6-10-22(21)29)25(36-28)27(35)30-16-18-7-3-2-4-8-18/h2-12,15,20H,13-14,16H2,1H3,(H,30,35)(H,31,34)(H,32,33). The summed E-state index contributed by atoms with van der Waals surface area (Å²) in [6.45, 7) is 2.36. The van der Waals surface area contributed by atoms with Gasteiger partial charge in [0.25, 0.3) is 11.8 Å². The van der Waals surface area contributed by atoms with Gasteiger partial charge in [0.05, 0.1) is 10.7 Å². The molecular formula is C28H25ClN4O2S. The number of nitrogens with one attached hydrogen (secondary N) is 3. The Bertz CT molecular complexity index is 1420. The maximum absolute atomic E-state index is 13.2. The molecule has 6 nitrogen and oxygen atoms in total.